The third-order valence-electron chi connectivity index (χ3n) is 2.77. The molecule has 4 nitrogen and oxygen atoms in total. The van der Waals surface area contributed by atoms with E-state index in [2.05, 4.69) is 19.2 Å². The van der Waals surface area contributed by atoms with Gasteiger partial charge in [-0.2, -0.15) is 11.8 Å². The largest absolute Gasteiger partial charge is 0.377 e. The van der Waals surface area contributed by atoms with E-state index in [0.29, 0.717) is 11.4 Å². The van der Waals surface area contributed by atoms with Gasteiger partial charge in [0, 0.05) is 17.6 Å². The molecule has 3 unspecified atom stereocenters. The van der Waals surface area contributed by atoms with Crippen molar-refractivity contribution in [3.8, 4) is 0 Å². The minimum absolute atomic E-state index is 0.210. The van der Waals surface area contributed by atoms with Gasteiger partial charge in [0.05, 0.1) is 12.1 Å². The zero-order valence-electron chi connectivity index (χ0n) is 10.1. The standard InChI is InChI=1S/C11H22N2O2S/c1-3-5-13-9(11(12)14)7-16-10-4-6-15-8(10)2/h8-10,13H,3-7H2,1-2H3,(H2,12,14). The number of amides is 1. The van der Waals surface area contributed by atoms with Crippen LogP contribution >= 0.6 is 11.8 Å². The van der Waals surface area contributed by atoms with E-state index in [9.17, 15) is 4.79 Å². The lowest BCUT2D eigenvalue weighted by molar-refractivity contribution is -0.119. The number of primary amides is 1. The number of nitrogens with one attached hydrogen (secondary N) is 1. The predicted molar refractivity (Wildman–Crippen MR) is 67.6 cm³/mol. The quantitative estimate of drug-likeness (QED) is 0.696. The number of rotatable bonds is 7. The van der Waals surface area contributed by atoms with Crippen molar-refractivity contribution in [3.05, 3.63) is 0 Å². The van der Waals surface area contributed by atoms with Gasteiger partial charge in [0.15, 0.2) is 0 Å². The molecule has 1 aliphatic heterocycles. The maximum absolute atomic E-state index is 11.2. The SMILES string of the molecule is CCCNC(CSC1CCOC1C)C(N)=O. The lowest BCUT2D eigenvalue weighted by atomic mass is 10.3. The van der Waals surface area contributed by atoms with Crippen molar-refractivity contribution in [2.24, 2.45) is 5.73 Å². The van der Waals surface area contributed by atoms with Crippen LogP contribution in [0.1, 0.15) is 26.7 Å². The predicted octanol–water partition coefficient (Wildman–Crippen LogP) is 0.750. The zero-order valence-corrected chi connectivity index (χ0v) is 10.9. The molecule has 0 aromatic heterocycles. The summed E-state index contributed by atoms with van der Waals surface area (Å²) in [6.07, 6.45) is 2.38. The van der Waals surface area contributed by atoms with Crippen molar-refractivity contribution >= 4 is 17.7 Å². The first kappa shape index (κ1) is 13.8. The highest BCUT2D eigenvalue weighted by Crippen LogP contribution is 2.26. The van der Waals surface area contributed by atoms with Gasteiger partial charge in [-0.3, -0.25) is 4.79 Å². The van der Waals surface area contributed by atoms with E-state index in [1.54, 1.807) is 11.8 Å². The Labute approximate surface area is 102 Å². The first-order valence-electron chi connectivity index (χ1n) is 5.91. The average molecular weight is 246 g/mol. The first-order chi connectivity index (χ1) is 7.65. The fourth-order valence-electron chi connectivity index (χ4n) is 1.71. The molecular formula is C11H22N2O2S. The summed E-state index contributed by atoms with van der Waals surface area (Å²) in [5.41, 5.74) is 5.35. The maximum atomic E-state index is 11.2. The summed E-state index contributed by atoms with van der Waals surface area (Å²) >= 11 is 1.79. The van der Waals surface area contributed by atoms with Crippen molar-refractivity contribution in [1.29, 1.82) is 0 Å². The highest BCUT2D eigenvalue weighted by Gasteiger charge is 2.26. The highest BCUT2D eigenvalue weighted by molar-refractivity contribution is 8.00. The maximum Gasteiger partial charge on any atom is 0.235 e. The first-order valence-corrected chi connectivity index (χ1v) is 6.96. The lowest BCUT2D eigenvalue weighted by Gasteiger charge is -2.18. The van der Waals surface area contributed by atoms with E-state index in [4.69, 9.17) is 10.5 Å². The molecule has 3 atom stereocenters. The Morgan fingerprint density at radius 2 is 2.44 bits per heavy atom. The minimum Gasteiger partial charge on any atom is -0.377 e. The van der Waals surface area contributed by atoms with Crippen LogP contribution in [0.15, 0.2) is 0 Å². The van der Waals surface area contributed by atoms with E-state index < -0.39 is 0 Å². The zero-order chi connectivity index (χ0) is 12.0. The second kappa shape index (κ2) is 7.14. The molecule has 1 amide bonds. The van der Waals surface area contributed by atoms with Crippen molar-refractivity contribution in [1.82, 2.24) is 5.32 Å². The molecule has 1 fully saturated rings. The van der Waals surface area contributed by atoms with Gasteiger partial charge in [0.2, 0.25) is 5.91 Å². The molecule has 94 valence electrons. The van der Waals surface area contributed by atoms with Crippen LogP contribution in [0.4, 0.5) is 0 Å². The number of ether oxygens (including phenoxy) is 1. The Morgan fingerprint density at radius 3 is 2.94 bits per heavy atom. The molecule has 5 heteroatoms. The molecule has 1 aliphatic rings. The monoisotopic (exact) mass is 246 g/mol. The van der Waals surface area contributed by atoms with Crippen LogP contribution in [0.5, 0.6) is 0 Å². The van der Waals surface area contributed by atoms with Crippen molar-refractivity contribution in [2.75, 3.05) is 18.9 Å². The van der Waals surface area contributed by atoms with Gasteiger partial charge < -0.3 is 15.8 Å². The van der Waals surface area contributed by atoms with E-state index in [-0.39, 0.29) is 11.9 Å². The fraction of sp³-hybridized carbons (Fsp3) is 0.909. The van der Waals surface area contributed by atoms with Gasteiger partial charge in [-0.15, -0.1) is 0 Å². The number of carbonyl (C=O) groups is 1. The summed E-state index contributed by atoms with van der Waals surface area (Å²) in [6, 6.07) is -0.210. The van der Waals surface area contributed by atoms with Gasteiger partial charge in [-0.25, -0.2) is 0 Å². The summed E-state index contributed by atoms with van der Waals surface area (Å²) < 4.78 is 5.48. The number of hydrogen-bond acceptors (Lipinski definition) is 4. The Balaban J connectivity index is 2.28. The second-order valence-electron chi connectivity index (χ2n) is 4.15. The molecule has 0 saturated carbocycles. The van der Waals surface area contributed by atoms with Crippen molar-refractivity contribution in [2.45, 2.75) is 44.1 Å². The molecule has 0 bridgehead atoms. The molecule has 0 aromatic rings. The van der Waals surface area contributed by atoms with Gasteiger partial charge in [-0.05, 0) is 26.3 Å². The normalized spacial score (nSPS) is 26.9. The Bertz CT molecular complexity index is 226. The number of thioether (sulfide) groups is 1. The van der Waals surface area contributed by atoms with Crippen LogP contribution in [-0.4, -0.2) is 42.2 Å². The second-order valence-corrected chi connectivity index (χ2v) is 5.42. The van der Waals surface area contributed by atoms with Crippen LogP contribution < -0.4 is 11.1 Å². The highest BCUT2D eigenvalue weighted by atomic mass is 32.2. The van der Waals surface area contributed by atoms with E-state index >= 15 is 0 Å². The molecule has 0 aliphatic carbocycles. The Hall–Kier alpha value is -0.260. The van der Waals surface area contributed by atoms with Gasteiger partial charge in [-0.1, -0.05) is 6.92 Å². The summed E-state index contributed by atoms with van der Waals surface area (Å²) in [5.74, 6) is 0.487. The topological polar surface area (TPSA) is 64.3 Å². The van der Waals surface area contributed by atoms with Gasteiger partial charge in [0.1, 0.15) is 0 Å². The number of carbonyl (C=O) groups excluding carboxylic acids is 1. The summed E-state index contributed by atoms with van der Waals surface area (Å²) in [5, 5.41) is 3.68. The van der Waals surface area contributed by atoms with Crippen LogP contribution in [0.25, 0.3) is 0 Å². The summed E-state index contributed by atoms with van der Waals surface area (Å²) in [6.45, 7) is 5.84. The lowest BCUT2D eigenvalue weighted by Crippen LogP contribution is -2.44. The third-order valence-corrected chi connectivity index (χ3v) is 4.34. The molecule has 16 heavy (non-hydrogen) atoms. The molecule has 1 saturated heterocycles. The smallest absolute Gasteiger partial charge is 0.235 e. The Morgan fingerprint density at radius 1 is 1.69 bits per heavy atom. The molecule has 3 N–H and O–H groups in total. The number of nitrogens with two attached hydrogens (primary N) is 1. The van der Waals surface area contributed by atoms with Gasteiger partial charge >= 0.3 is 0 Å². The van der Waals surface area contributed by atoms with Crippen LogP contribution in [0.3, 0.4) is 0 Å². The number of hydrogen-bond donors (Lipinski definition) is 2. The van der Waals surface area contributed by atoms with E-state index in [1.165, 1.54) is 0 Å². The molecular weight excluding hydrogens is 224 g/mol. The average Bonchev–Trinajstić information content (AvgIpc) is 2.64. The molecule has 0 spiro atoms. The van der Waals surface area contributed by atoms with Crippen molar-refractivity contribution in [3.63, 3.8) is 0 Å². The van der Waals surface area contributed by atoms with E-state index in [0.717, 1.165) is 31.7 Å². The van der Waals surface area contributed by atoms with Crippen molar-refractivity contribution < 1.29 is 9.53 Å². The Kier molecular flexibility index (Phi) is 6.16. The minimum atomic E-state index is -0.257. The summed E-state index contributed by atoms with van der Waals surface area (Å²) in [4.78, 5) is 11.2. The van der Waals surface area contributed by atoms with Crippen LogP contribution in [-0.2, 0) is 9.53 Å². The van der Waals surface area contributed by atoms with Crippen LogP contribution in [0, 0.1) is 0 Å². The van der Waals surface area contributed by atoms with E-state index in [1.807, 2.05) is 0 Å². The van der Waals surface area contributed by atoms with Crippen LogP contribution in [0.2, 0.25) is 0 Å². The molecule has 1 rings (SSSR count). The molecule has 1 heterocycles. The molecule has 0 aromatic carbocycles. The fourth-order valence-corrected chi connectivity index (χ4v) is 3.05. The molecule has 0 radical (unpaired) electrons. The third kappa shape index (κ3) is 4.31. The van der Waals surface area contributed by atoms with Gasteiger partial charge in [0.25, 0.3) is 0 Å². The summed E-state index contributed by atoms with van der Waals surface area (Å²) in [7, 11) is 0.